The van der Waals surface area contributed by atoms with Gasteiger partial charge in [-0.1, -0.05) is 11.6 Å². The molecule has 0 aliphatic carbocycles. The lowest BCUT2D eigenvalue weighted by atomic mass is 10.1. The predicted molar refractivity (Wildman–Crippen MR) is 122 cm³/mol. The molecule has 0 saturated heterocycles. The van der Waals surface area contributed by atoms with Gasteiger partial charge in [-0.05, 0) is 29.8 Å². The van der Waals surface area contributed by atoms with Crippen LogP contribution in [0, 0.1) is 0 Å². The first-order valence-corrected chi connectivity index (χ1v) is 9.77. The summed E-state index contributed by atoms with van der Waals surface area (Å²) in [5, 5.41) is 9.90. The molecule has 0 aliphatic heterocycles. The smallest absolute Gasteiger partial charge is 0.339 e. The first-order chi connectivity index (χ1) is 15.3. The summed E-state index contributed by atoms with van der Waals surface area (Å²) in [6.45, 7) is 0. The minimum absolute atomic E-state index is 0.0216. The van der Waals surface area contributed by atoms with E-state index in [1.807, 2.05) is 0 Å². The fourth-order valence-corrected chi connectivity index (χ4v) is 3.35. The number of carboxylic acid groups (broad SMARTS) is 1. The quantitative estimate of drug-likeness (QED) is 0.417. The van der Waals surface area contributed by atoms with E-state index in [0.29, 0.717) is 32.6 Å². The number of nitrogens with one attached hydrogen (secondary N) is 1. The minimum Gasteiger partial charge on any atom is -0.496 e. The predicted octanol–water partition coefficient (Wildman–Crippen LogP) is 4.51. The van der Waals surface area contributed by atoms with Gasteiger partial charge < -0.3 is 19.6 Å². The monoisotopic (exact) mass is 474 g/mol. The van der Waals surface area contributed by atoms with Gasteiger partial charge in [0.1, 0.15) is 17.1 Å². The number of aromatic nitrogens is 2. The number of rotatable bonds is 4. The van der Waals surface area contributed by atoms with Crippen LogP contribution in [0.4, 0.5) is 0 Å². The van der Waals surface area contributed by atoms with E-state index in [0.717, 1.165) is 0 Å². The summed E-state index contributed by atoms with van der Waals surface area (Å²) < 4.78 is 10.0. The third-order valence-corrected chi connectivity index (χ3v) is 5.06. The van der Waals surface area contributed by atoms with Crippen molar-refractivity contribution in [2.24, 2.45) is 0 Å². The van der Waals surface area contributed by atoms with E-state index in [9.17, 15) is 14.4 Å². The Bertz CT molecular complexity index is 1400. The molecule has 0 radical (unpaired) electrons. The maximum Gasteiger partial charge on any atom is 0.339 e. The number of aromatic carboxylic acids is 1. The Labute approximate surface area is 191 Å². The zero-order valence-electron chi connectivity index (χ0n) is 16.8. The lowest BCUT2D eigenvalue weighted by Crippen LogP contribution is -2.05. The zero-order chi connectivity index (χ0) is 23.4. The van der Waals surface area contributed by atoms with Crippen LogP contribution in [0.15, 0.2) is 53.6 Å². The number of carbonyl (C=O) groups is 2. The van der Waals surface area contributed by atoms with Gasteiger partial charge in [-0.15, -0.1) is 0 Å². The van der Waals surface area contributed by atoms with Gasteiger partial charge in [0.2, 0.25) is 0 Å². The van der Waals surface area contributed by atoms with Crippen molar-refractivity contribution >= 4 is 56.2 Å². The van der Waals surface area contributed by atoms with E-state index < -0.39 is 11.2 Å². The lowest BCUT2D eigenvalue weighted by Gasteiger charge is -2.07. The second-order valence-corrected chi connectivity index (χ2v) is 7.13. The molecule has 0 fully saturated rings. The number of nitrogens with zero attached hydrogens (tertiary/aromatic N) is 1. The van der Waals surface area contributed by atoms with Crippen molar-refractivity contribution in [3.8, 4) is 11.5 Å². The molecule has 2 N–H and O–H groups in total. The Morgan fingerprint density at radius 2 is 1.66 bits per heavy atom. The highest BCUT2D eigenvalue weighted by Crippen LogP contribution is 2.30. The number of halogens is 2. The van der Waals surface area contributed by atoms with Crippen LogP contribution in [0.5, 0.6) is 11.5 Å². The number of pyridine rings is 2. The van der Waals surface area contributed by atoms with Crippen LogP contribution in [0.3, 0.4) is 0 Å². The number of carboxylic acids is 1. The lowest BCUT2D eigenvalue weighted by molar-refractivity contribution is 0.0693. The zero-order valence-corrected chi connectivity index (χ0v) is 18.3. The Morgan fingerprint density at radius 1 is 1.00 bits per heavy atom. The molecule has 0 unspecified atom stereocenters. The summed E-state index contributed by atoms with van der Waals surface area (Å²) in [5.74, 6) is -0.508. The van der Waals surface area contributed by atoms with Crippen LogP contribution in [0.2, 0.25) is 5.02 Å². The van der Waals surface area contributed by atoms with Crippen LogP contribution in [0.1, 0.15) is 20.7 Å². The van der Waals surface area contributed by atoms with Crippen LogP contribution in [-0.4, -0.2) is 40.5 Å². The standard InChI is InChI=1S/C11H7Cl2NO2.C11H9NO4/c1-16-10-5-9-6(4-7(10)11(13)15)8(12)2-3-14-9;1-16-10-5-8-6(4-7(10)11(14)15)9(13)2-3-12-8/h2-5H,1H3;2-5H,1H3,(H,12,13)(H,14,15). The summed E-state index contributed by atoms with van der Waals surface area (Å²) in [5.41, 5.74) is 1.25. The fraction of sp³-hybridized carbons (Fsp3) is 0.0909. The van der Waals surface area contributed by atoms with Crippen molar-refractivity contribution in [3.05, 3.63) is 75.2 Å². The van der Waals surface area contributed by atoms with Crippen LogP contribution in [0.25, 0.3) is 21.8 Å². The summed E-state index contributed by atoms with van der Waals surface area (Å²) in [6.07, 6.45) is 3.09. The molecule has 0 amide bonds. The number of carbonyl (C=O) groups excluding carboxylic acids is 1. The van der Waals surface area contributed by atoms with Crippen molar-refractivity contribution in [2.45, 2.75) is 0 Å². The number of hydrogen-bond donors (Lipinski definition) is 2. The van der Waals surface area contributed by atoms with Crippen LogP contribution < -0.4 is 14.9 Å². The normalized spacial score (nSPS) is 10.4. The molecule has 10 heteroatoms. The van der Waals surface area contributed by atoms with Gasteiger partial charge in [0.05, 0.1) is 35.8 Å². The second-order valence-electron chi connectivity index (χ2n) is 6.38. The van der Waals surface area contributed by atoms with Crippen LogP contribution >= 0.6 is 23.2 Å². The van der Waals surface area contributed by atoms with E-state index in [-0.39, 0.29) is 22.3 Å². The van der Waals surface area contributed by atoms with Gasteiger partial charge in [-0.3, -0.25) is 14.6 Å². The molecule has 0 spiro atoms. The van der Waals surface area contributed by atoms with Gasteiger partial charge >= 0.3 is 5.97 Å². The van der Waals surface area contributed by atoms with Crippen molar-refractivity contribution in [1.29, 1.82) is 0 Å². The van der Waals surface area contributed by atoms with Gasteiger partial charge in [0, 0.05) is 41.4 Å². The maximum atomic E-state index is 11.5. The maximum absolute atomic E-state index is 11.5. The first-order valence-electron chi connectivity index (χ1n) is 9.01. The molecule has 4 rings (SSSR count). The number of hydrogen-bond acceptors (Lipinski definition) is 6. The van der Waals surface area contributed by atoms with Gasteiger partial charge in [0.25, 0.3) is 5.24 Å². The number of aromatic amines is 1. The van der Waals surface area contributed by atoms with E-state index in [1.54, 1.807) is 24.4 Å². The van der Waals surface area contributed by atoms with E-state index in [4.69, 9.17) is 37.8 Å². The Morgan fingerprint density at radius 3 is 2.28 bits per heavy atom. The van der Waals surface area contributed by atoms with Gasteiger partial charge in [-0.2, -0.15) is 0 Å². The molecular weight excluding hydrogens is 459 g/mol. The number of fused-ring (bicyclic) bond motifs is 2. The molecule has 2 aromatic carbocycles. The van der Waals surface area contributed by atoms with E-state index in [2.05, 4.69) is 9.97 Å². The van der Waals surface area contributed by atoms with Crippen LogP contribution in [-0.2, 0) is 0 Å². The highest BCUT2D eigenvalue weighted by atomic mass is 35.5. The van der Waals surface area contributed by atoms with Gasteiger partial charge in [-0.25, -0.2) is 4.79 Å². The first kappa shape index (κ1) is 23.1. The molecule has 0 aliphatic rings. The highest BCUT2D eigenvalue weighted by molar-refractivity contribution is 6.68. The number of H-pyrrole nitrogens is 1. The fourth-order valence-electron chi connectivity index (χ4n) is 3.00. The largest absolute Gasteiger partial charge is 0.496 e. The van der Waals surface area contributed by atoms with Crippen molar-refractivity contribution in [3.63, 3.8) is 0 Å². The molecule has 2 aromatic heterocycles. The average molecular weight is 475 g/mol. The van der Waals surface area contributed by atoms with Crippen molar-refractivity contribution in [2.75, 3.05) is 14.2 Å². The Balaban J connectivity index is 0.000000181. The molecule has 2 heterocycles. The summed E-state index contributed by atoms with van der Waals surface area (Å²) >= 11 is 11.5. The minimum atomic E-state index is -1.12. The molecule has 4 aromatic rings. The Kier molecular flexibility index (Phi) is 6.97. The number of methoxy groups -OCH3 is 2. The highest BCUT2D eigenvalue weighted by Gasteiger charge is 2.14. The van der Waals surface area contributed by atoms with Crippen molar-refractivity contribution < 1.29 is 24.2 Å². The molecular formula is C22H16Cl2N2O6. The summed E-state index contributed by atoms with van der Waals surface area (Å²) in [4.78, 5) is 40.6. The molecule has 8 nitrogen and oxygen atoms in total. The van der Waals surface area contributed by atoms with E-state index >= 15 is 0 Å². The molecule has 32 heavy (non-hydrogen) atoms. The SMILES string of the molecule is COc1cc2[nH]ccc(=O)c2cc1C(=O)O.COc1cc2nccc(Cl)c2cc1C(=O)Cl. The third kappa shape index (κ3) is 4.66. The molecule has 0 bridgehead atoms. The summed E-state index contributed by atoms with van der Waals surface area (Å²) in [6, 6.07) is 9.03. The average Bonchev–Trinajstić information content (AvgIpc) is 2.78. The molecule has 0 saturated carbocycles. The Hall–Kier alpha value is -3.62. The topological polar surface area (TPSA) is 119 Å². The van der Waals surface area contributed by atoms with Crippen molar-refractivity contribution in [1.82, 2.24) is 9.97 Å². The summed E-state index contributed by atoms with van der Waals surface area (Å²) in [7, 11) is 2.85. The van der Waals surface area contributed by atoms with Gasteiger partial charge in [0.15, 0.2) is 5.43 Å². The molecule has 0 atom stereocenters. The number of benzene rings is 2. The number of ether oxygens (including phenoxy) is 2. The third-order valence-electron chi connectivity index (χ3n) is 4.53. The van der Waals surface area contributed by atoms with E-state index in [1.165, 1.54) is 38.6 Å². The second kappa shape index (κ2) is 9.67. The molecule has 164 valence electrons.